The van der Waals surface area contributed by atoms with Crippen molar-refractivity contribution in [3.8, 4) is 5.75 Å². The third-order valence-electron chi connectivity index (χ3n) is 6.64. The number of amides is 1. The first-order chi connectivity index (χ1) is 16.5. The van der Waals surface area contributed by atoms with Gasteiger partial charge in [0.15, 0.2) is 5.65 Å². The number of hydrogen-bond donors (Lipinski definition) is 2. The second-order valence-corrected chi connectivity index (χ2v) is 9.09. The zero-order valence-electron chi connectivity index (χ0n) is 20.6. The fourth-order valence-corrected chi connectivity index (χ4v) is 4.82. The molecule has 3 aromatic rings. The Hall–Kier alpha value is -3.20. The third-order valence-corrected chi connectivity index (χ3v) is 6.64. The smallest absolute Gasteiger partial charge is 0.229 e. The van der Waals surface area contributed by atoms with E-state index in [9.17, 15) is 0 Å². The number of fused-ring (bicyclic) bond motifs is 2. The van der Waals surface area contributed by atoms with Crippen LogP contribution in [0.25, 0.3) is 11.0 Å². The Balaban J connectivity index is 0.000000636. The Morgan fingerprint density at radius 1 is 1.18 bits per heavy atom. The summed E-state index contributed by atoms with van der Waals surface area (Å²) in [5.41, 5.74) is 5.52. The summed E-state index contributed by atoms with van der Waals surface area (Å²) in [5.74, 6) is 1.42. The maximum Gasteiger partial charge on any atom is 0.229 e. The average Bonchev–Trinajstić information content (AvgIpc) is 3.20. The Labute approximate surface area is 200 Å². The van der Waals surface area contributed by atoms with Crippen molar-refractivity contribution in [3.63, 3.8) is 0 Å². The standard InChI is InChI=1S/C23H30N6O.C2H5NO/c1-15-19-13-24-23(26-22(19)29(27-15)18-7-5-4-6-8-18)25-20-11-17-14-28(2)10-9-16(17)12-21(20)30-3;1-3-2-4/h11-13,18H,4-10,14H2,1-3H3,(H,24,25,26);2H,1H3,(H,3,4). The van der Waals surface area contributed by atoms with Crippen LogP contribution in [-0.4, -0.2) is 58.8 Å². The molecular weight excluding hydrogens is 430 g/mol. The highest BCUT2D eigenvalue weighted by atomic mass is 16.5. The molecule has 2 aliphatic rings. The van der Waals surface area contributed by atoms with Gasteiger partial charge in [-0.15, -0.1) is 0 Å². The number of hydrogen-bond acceptors (Lipinski definition) is 7. The van der Waals surface area contributed by atoms with Gasteiger partial charge >= 0.3 is 0 Å². The number of carbonyl (C=O) groups is 1. The summed E-state index contributed by atoms with van der Waals surface area (Å²) in [6, 6.07) is 4.77. The number of likely N-dealkylation sites (N-methyl/N-ethyl adjacent to an activating group) is 1. The van der Waals surface area contributed by atoms with E-state index in [4.69, 9.17) is 19.6 Å². The van der Waals surface area contributed by atoms with Crippen molar-refractivity contribution in [3.05, 3.63) is 35.2 Å². The van der Waals surface area contributed by atoms with Crippen molar-refractivity contribution in [1.82, 2.24) is 30.0 Å². The molecule has 2 aromatic heterocycles. The molecule has 182 valence electrons. The van der Waals surface area contributed by atoms with Gasteiger partial charge in [-0.2, -0.15) is 10.1 Å². The van der Waals surface area contributed by atoms with Gasteiger partial charge in [-0.05, 0) is 56.5 Å². The monoisotopic (exact) mass is 465 g/mol. The van der Waals surface area contributed by atoms with Gasteiger partial charge < -0.3 is 20.3 Å². The summed E-state index contributed by atoms with van der Waals surface area (Å²) in [7, 11) is 5.44. The average molecular weight is 466 g/mol. The summed E-state index contributed by atoms with van der Waals surface area (Å²) in [6.45, 7) is 4.07. The van der Waals surface area contributed by atoms with E-state index in [1.807, 2.05) is 13.1 Å². The minimum atomic E-state index is 0.437. The van der Waals surface area contributed by atoms with E-state index in [0.717, 1.165) is 47.7 Å². The number of methoxy groups -OCH3 is 1. The van der Waals surface area contributed by atoms with Crippen LogP contribution in [0.5, 0.6) is 5.75 Å². The maximum atomic E-state index is 9.06. The van der Waals surface area contributed by atoms with E-state index in [0.29, 0.717) is 18.4 Å². The summed E-state index contributed by atoms with van der Waals surface area (Å²) >= 11 is 0. The number of aryl methyl sites for hydroxylation is 1. The minimum absolute atomic E-state index is 0.437. The van der Waals surface area contributed by atoms with E-state index in [1.165, 1.54) is 43.2 Å². The van der Waals surface area contributed by atoms with E-state index in [2.05, 4.69) is 44.4 Å². The molecule has 9 heteroatoms. The van der Waals surface area contributed by atoms with E-state index in [1.54, 1.807) is 14.2 Å². The lowest BCUT2D eigenvalue weighted by molar-refractivity contribution is -0.109. The molecule has 1 fully saturated rings. The second kappa shape index (κ2) is 10.8. The fourth-order valence-electron chi connectivity index (χ4n) is 4.82. The van der Waals surface area contributed by atoms with Crippen LogP contribution in [0, 0.1) is 6.92 Å². The normalized spacial score (nSPS) is 16.4. The van der Waals surface area contributed by atoms with Gasteiger partial charge in [0.1, 0.15) is 5.75 Å². The Bertz CT molecular complexity index is 1140. The topological polar surface area (TPSA) is 97.2 Å². The van der Waals surface area contributed by atoms with Crippen molar-refractivity contribution in [1.29, 1.82) is 0 Å². The molecule has 0 bridgehead atoms. The molecule has 1 aliphatic carbocycles. The molecule has 0 unspecified atom stereocenters. The number of nitrogens with zero attached hydrogens (tertiary/aromatic N) is 5. The van der Waals surface area contributed by atoms with E-state index in [-0.39, 0.29) is 0 Å². The number of aromatic nitrogens is 4. The highest BCUT2D eigenvalue weighted by Gasteiger charge is 2.22. The number of carbonyl (C=O) groups excluding carboxylic acids is 1. The Morgan fingerprint density at radius 2 is 1.94 bits per heavy atom. The summed E-state index contributed by atoms with van der Waals surface area (Å²) in [4.78, 5) is 20.9. The lowest BCUT2D eigenvalue weighted by atomic mass is 9.96. The van der Waals surface area contributed by atoms with Gasteiger partial charge in [0.25, 0.3) is 0 Å². The van der Waals surface area contributed by atoms with E-state index >= 15 is 0 Å². The molecule has 34 heavy (non-hydrogen) atoms. The quantitative estimate of drug-likeness (QED) is 0.554. The molecular formula is C25H35N7O2. The van der Waals surface area contributed by atoms with Crippen molar-refractivity contribution >= 4 is 29.1 Å². The molecule has 1 saturated carbocycles. The zero-order chi connectivity index (χ0) is 24.1. The third kappa shape index (κ3) is 5.14. The first-order valence-corrected chi connectivity index (χ1v) is 12.0. The SMILES string of the molecule is CNC=O.COc1cc2c(cc1Nc1ncc3c(C)nn(C4CCCCC4)c3n1)CN(C)CC2. The van der Waals surface area contributed by atoms with Gasteiger partial charge in [0.05, 0.1) is 29.9 Å². The van der Waals surface area contributed by atoms with Crippen LogP contribution < -0.4 is 15.4 Å². The molecule has 2 N–H and O–H groups in total. The van der Waals surface area contributed by atoms with Crippen LogP contribution in [0.4, 0.5) is 11.6 Å². The van der Waals surface area contributed by atoms with Gasteiger partial charge in [-0.1, -0.05) is 19.3 Å². The Kier molecular flexibility index (Phi) is 7.62. The largest absolute Gasteiger partial charge is 0.495 e. The number of benzene rings is 1. The van der Waals surface area contributed by atoms with Crippen molar-refractivity contribution in [2.24, 2.45) is 0 Å². The Morgan fingerprint density at radius 3 is 2.65 bits per heavy atom. The maximum absolute atomic E-state index is 9.06. The molecule has 9 nitrogen and oxygen atoms in total. The number of ether oxygens (including phenoxy) is 1. The van der Waals surface area contributed by atoms with Gasteiger partial charge in [-0.3, -0.25) is 4.79 Å². The van der Waals surface area contributed by atoms with Crippen molar-refractivity contribution < 1.29 is 9.53 Å². The number of nitrogens with one attached hydrogen (secondary N) is 2. The first kappa shape index (κ1) is 23.9. The lowest BCUT2D eigenvalue weighted by Gasteiger charge is -2.26. The van der Waals surface area contributed by atoms with Crippen molar-refractivity contribution in [2.45, 2.75) is 58.0 Å². The van der Waals surface area contributed by atoms with Crippen LogP contribution >= 0.6 is 0 Å². The lowest BCUT2D eigenvalue weighted by Crippen LogP contribution is -2.26. The highest BCUT2D eigenvalue weighted by Crippen LogP contribution is 2.34. The van der Waals surface area contributed by atoms with Crippen LogP contribution in [0.1, 0.15) is 55.0 Å². The zero-order valence-corrected chi connectivity index (χ0v) is 20.6. The predicted molar refractivity (Wildman–Crippen MR) is 134 cm³/mol. The van der Waals surface area contributed by atoms with Gasteiger partial charge in [-0.25, -0.2) is 9.67 Å². The number of anilines is 2. The van der Waals surface area contributed by atoms with Crippen LogP contribution in [-0.2, 0) is 17.8 Å². The highest BCUT2D eigenvalue weighted by molar-refractivity contribution is 5.79. The minimum Gasteiger partial charge on any atom is -0.495 e. The second-order valence-electron chi connectivity index (χ2n) is 9.09. The van der Waals surface area contributed by atoms with Gasteiger partial charge in [0, 0.05) is 26.3 Å². The van der Waals surface area contributed by atoms with E-state index < -0.39 is 0 Å². The molecule has 1 amide bonds. The molecule has 1 aliphatic heterocycles. The summed E-state index contributed by atoms with van der Waals surface area (Å²) < 4.78 is 7.81. The van der Waals surface area contributed by atoms with Crippen LogP contribution in [0.3, 0.4) is 0 Å². The van der Waals surface area contributed by atoms with Crippen LogP contribution in [0.2, 0.25) is 0 Å². The molecule has 0 saturated heterocycles. The first-order valence-electron chi connectivity index (χ1n) is 12.0. The summed E-state index contributed by atoms with van der Waals surface area (Å²) in [5, 5.41) is 11.5. The van der Waals surface area contributed by atoms with Crippen LogP contribution in [0.15, 0.2) is 18.3 Å². The molecule has 0 spiro atoms. The molecule has 5 rings (SSSR count). The fraction of sp³-hybridized carbons (Fsp3) is 0.520. The molecule has 0 radical (unpaired) electrons. The van der Waals surface area contributed by atoms with Gasteiger partial charge in [0.2, 0.25) is 12.4 Å². The van der Waals surface area contributed by atoms with Crippen molar-refractivity contribution in [2.75, 3.05) is 33.1 Å². The summed E-state index contributed by atoms with van der Waals surface area (Å²) in [6.07, 6.45) is 9.77. The molecule has 1 aromatic carbocycles. The number of rotatable bonds is 5. The molecule has 3 heterocycles. The molecule has 0 atom stereocenters. The predicted octanol–water partition coefficient (Wildman–Crippen LogP) is 3.74.